The molecule has 3 N–H and O–H groups in total. The second-order valence-corrected chi connectivity index (χ2v) is 6.51. The number of nitrogens with one attached hydrogen (secondary N) is 1. The summed E-state index contributed by atoms with van der Waals surface area (Å²) in [6.07, 6.45) is 1.36. The van der Waals surface area contributed by atoms with Gasteiger partial charge in [-0.15, -0.1) is 0 Å². The monoisotopic (exact) mass is 314 g/mol. The molecule has 1 unspecified atom stereocenters. The lowest BCUT2D eigenvalue weighted by Gasteiger charge is -2.15. The molecule has 0 fully saturated rings. The minimum absolute atomic E-state index is 0.0358. The molecule has 0 saturated carbocycles. The number of anilines is 1. The molecule has 0 aliphatic carbocycles. The van der Waals surface area contributed by atoms with Gasteiger partial charge in [0.05, 0.1) is 0 Å². The van der Waals surface area contributed by atoms with E-state index < -0.39 is 16.1 Å². The number of hydrogen-bond donors (Lipinski definition) is 2. The van der Waals surface area contributed by atoms with E-state index in [1.165, 1.54) is 10.9 Å². The topological polar surface area (TPSA) is 90.0 Å². The van der Waals surface area contributed by atoms with Gasteiger partial charge in [-0.05, 0) is 18.6 Å². The van der Waals surface area contributed by atoms with Crippen molar-refractivity contribution in [1.82, 2.24) is 14.5 Å². The summed E-state index contributed by atoms with van der Waals surface area (Å²) in [5.74, 6) is -0.0358. The van der Waals surface area contributed by atoms with Crippen LogP contribution in [0.25, 0.3) is 0 Å². The zero-order valence-corrected chi connectivity index (χ0v) is 12.6. The Labute approximate surface area is 122 Å². The lowest BCUT2D eigenvalue weighted by atomic mass is 10.1. The normalized spacial score (nSPS) is 13.3. The first-order chi connectivity index (χ1) is 9.31. The summed E-state index contributed by atoms with van der Waals surface area (Å²) in [5, 5.41) is 4.33. The van der Waals surface area contributed by atoms with E-state index in [1.807, 2.05) is 0 Å². The summed E-state index contributed by atoms with van der Waals surface area (Å²) in [6.45, 7) is 1.71. The summed E-state index contributed by atoms with van der Waals surface area (Å²) in [6, 6.07) is 6.58. The Balaban J connectivity index is 2.29. The summed E-state index contributed by atoms with van der Waals surface area (Å²) in [5.41, 5.74) is 6.29. The standard InChI is InChI=1S/C12H15ClN4O2S/c1-8(9-5-3-4-6-10(9)13)16-20(18,19)11-7-17(2)15-12(11)14/h3-8,16H,1-2H3,(H2,14,15). The van der Waals surface area contributed by atoms with Gasteiger partial charge in [-0.25, -0.2) is 13.1 Å². The number of nitrogen functional groups attached to an aromatic ring is 1. The first-order valence-electron chi connectivity index (χ1n) is 5.87. The van der Waals surface area contributed by atoms with Gasteiger partial charge in [0, 0.05) is 24.3 Å². The van der Waals surface area contributed by atoms with Crippen molar-refractivity contribution in [1.29, 1.82) is 0 Å². The van der Waals surface area contributed by atoms with E-state index in [0.29, 0.717) is 10.6 Å². The molecule has 1 atom stereocenters. The maximum Gasteiger partial charge on any atom is 0.246 e. The summed E-state index contributed by atoms with van der Waals surface area (Å²) >= 11 is 6.05. The molecule has 108 valence electrons. The number of benzene rings is 1. The Bertz CT molecular complexity index is 727. The van der Waals surface area contributed by atoms with Crippen LogP contribution in [0.4, 0.5) is 5.82 Å². The Morgan fingerprint density at radius 2 is 2.05 bits per heavy atom. The van der Waals surface area contributed by atoms with E-state index in [-0.39, 0.29) is 10.7 Å². The van der Waals surface area contributed by atoms with Crippen LogP contribution in [-0.4, -0.2) is 18.2 Å². The van der Waals surface area contributed by atoms with Crippen molar-refractivity contribution in [3.8, 4) is 0 Å². The Hall–Kier alpha value is -1.57. The van der Waals surface area contributed by atoms with Crippen molar-refractivity contribution in [2.45, 2.75) is 17.9 Å². The highest BCUT2D eigenvalue weighted by Gasteiger charge is 2.24. The van der Waals surface area contributed by atoms with Gasteiger partial charge < -0.3 is 5.73 Å². The maximum absolute atomic E-state index is 12.3. The van der Waals surface area contributed by atoms with Crippen LogP contribution in [0, 0.1) is 0 Å². The molecule has 1 heterocycles. The van der Waals surface area contributed by atoms with Gasteiger partial charge in [0.15, 0.2) is 5.82 Å². The Morgan fingerprint density at radius 3 is 2.60 bits per heavy atom. The molecule has 8 heteroatoms. The fourth-order valence-electron chi connectivity index (χ4n) is 1.88. The highest BCUT2D eigenvalue weighted by molar-refractivity contribution is 7.89. The number of halogens is 1. The van der Waals surface area contributed by atoms with E-state index >= 15 is 0 Å². The zero-order chi connectivity index (χ0) is 14.9. The van der Waals surface area contributed by atoms with Crippen molar-refractivity contribution < 1.29 is 8.42 Å². The number of nitrogens with two attached hydrogens (primary N) is 1. The molecule has 1 aromatic heterocycles. The van der Waals surface area contributed by atoms with E-state index in [4.69, 9.17) is 17.3 Å². The van der Waals surface area contributed by atoms with E-state index in [9.17, 15) is 8.42 Å². The quantitative estimate of drug-likeness (QED) is 0.898. The largest absolute Gasteiger partial charge is 0.381 e. The average Bonchev–Trinajstić information content (AvgIpc) is 2.69. The molecule has 0 saturated heterocycles. The second kappa shape index (κ2) is 5.43. The van der Waals surface area contributed by atoms with Gasteiger partial charge in [-0.1, -0.05) is 29.8 Å². The van der Waals surface area contributed by atoms with Crippen LogP contribution in [0.5, 0.6) is 0 Å². The molecule has 0 amide bonds. The number of hydrogen-bond acceptors (Lipinski definition) is 4. The summed E-state index contributed by atoms with van der Waals surface area (Å²) < 4.78 is 28.4. The molecule has 0 aliphatic rings. The molecule has 0 bridgehead atoms. The first kappa shape index (κ1) is 14.8. The highest BCUT2D eigenvalue weighted by Crippen LogP contribution is 2.25. The van der Waals surface area contributed by atoms with Crippen molar-refractivity contribution in [2.75, 3.05) is 5.73 Å². The van der Waals surface area contributed by atoms with Crippen LogP contribution in [0.15, 0.2) is 35.4 Å². The van der Waals surface area contributed by atoms with Gasteiger partial charge in [-0.3, -0.25) is 4.68 Å². The van der Waals surface area contributed by atoms with Crippen molar-refractivity contribution in [3.63, 3.8) is 0 Å². The second-order valence-electron chi connectivity index (χ2n) is 4.42. The fourth-order valence-corrected chi connectivity index (χ4v) is 3.50. The number of aryl methyl sites for hydroxylation is 1. The molecule has 0 aliphatic heterocycles. The van der Waals surface area contributed by atoms with Crippen LogP contribution in [0.2, 0.25) is 5.02 Å². The van der Waals surface area contributed by atoms with Crippen molar-refractivity contribution >= 4 is 27.4 Å². The third-order valence-electron chi connectivity index (χ3n) is 2.82. The fraction of sp³-hybridized carbons (Fsp3) is 0.250. The molecule has 20 heavy (non-hydrogen) atoms. The Morgan fingerprint density at radius 1 is 1.40 bits per heavy atom. The number of aromatic nitrogens is 2. The van der Waals surface area contributed by atoms with Crippen molar-refractivity contribution in [2.24, 2.45) is 7.05 Å². The van der Waals surface area contributed by atoms with E-state index in [0.717, 1.165) is 0 Å². The maximum atomic E-state index is 12.3. The van der Waals surface area contributed by atoms with E-state index in [1.54, 1.807) is 38.2 Å². The molecule has 0 radical (unpaired) electrons. The number of rotatable bonds is 4. The number of sulfonamides is 1. The third kappa shape index (κ3) is 2.95. The van der Waals surface area contributed by atoms with Gasteiger partial charge in [-0.2, -0.15) is 5.10 Å². The zero-order valence-electron chi connectivity index (χ0n) is 11.0. The SMILES string of the molecule is CC(NS(=O)(=O)c1cn(C)nc1N)c1ccccc1Cl. The molecule has 1 aromatic carbocycles. The smallest absolute Gasteiger partial charge is 0.246 e. The Kier molecular flexibility index (Phi) is 4.03. The molecular weight excluding hydrogens is 300 g/mol. The van der Waals surface area contributed by atoms with E-state index in [2.05, 4.69) is 9.82 Å². The number of nitrogens with zero attached hydrogens (tertiary/aromatic N) is 2. The van der Waals surface area contributed by atoms with Gasteiger partial charge in [0.2, 0.25) is 10.0 Å². The lowest BCUT2D eigenvalue weighted by Crippen LogP contribution is -2.27. The molecular formula is C12H15ClN4O2S. The summed E-state index contributed by atoms with van der Waals surface area (Å²) in [7, 11) is -2.15. The molecule has 2 aromatic rings. The van der Waals surface area contributed by atoms with Crippen LogP contribution < -0.4 is 10.5 Å². The van der Waals surface area contributed by atoms with Crippen LogP contribution in [0.1, 0.15) is 18.5 Å². The molecule has 6 nitrogen and oxygen atoms in total. The van der Waals surface area contributed by atoms with Crippen LogP contribution in [0.3, 0.4) is 0 Å². The van der Waals surface area contributed by atoms with Crippen molar-refractivity contribution in [3.05, 3.63) is 41.0 Å². The van der Waals surface area contributed by atoms with Gasteiger partial charge in [0.1, 0.15) is 4.90 Å². The third-order valence-corrected chi connectivity index (χ3v) is 4.72. The van der Waals surface area contributed by atoms with Gasteiger partial charge in [0.25, 0.3) is 0 Å². The summed E-state index contributed by atoms with van der Waals surface area (Å²) in [4.78, 5) is -0.0427. The van der Waals surface area contributed by atoms with Gasteiger partial charge >= 0.3 is 0 Å². The first-order valence-corrected chi connectivity index (χ1v) is 7.73. The minimum atomic E-state index is -3.75. The van der Waals surface area contributed by atoms with Crippen LogP contribution in [-0.2, 0) is 17.1 Å². The lowest BCUT2D eigenvalue weighted by molar-refractivity contribution is 0.567. The average molecular weight is 315 g/mol. The predicted octanol–water partition coefficient (Wildman–Crippen LogP) is 1.70. The predicted molar refractivity (Wildman–Crippen MR) is 77.8 cm³/mol. The molecule has 0 spiro atoms. The minimum Gasteiger partial charge on any atom is -0.381 e. The molecule has 2 rings (SSSR count). The highest BCUT2D eigenvalue weighted by atomic mass is 35.5. The van der Waals surface area contributed by atoms with Crippen LogP contribution >= 0.6 is 11.6 Å².